The fourth-order valence-corrected chi connectivity index (χ4v) is 1.71. The molecule has 106 valence electrons. The molecule has 0 aliphatic rings. The number of nitrogens with one attached hydrogen (secondary N) is 1. The van der Waals surface area contributed by atoms with Gasteiger partial charge in [-0.3, -0.25) is 5.10 Å². The van der Waals surface area contributed by atoms with E-state index in [0.717, 1.165) is 17.8 Å². The second kappa shape index (κ2) is 5.12. The molecule has 0 amide bonds. The van der Waals surface area contributed by atoms with Gasteiger partial charge in [0.15, 0.2) is 0 Å². The molecule has 0 aliphatic carbocycles. The summed E-state index contributed by atoms with van der Waals surface area (Å²) in [5, 5.41) is 6.48. The molecule has 1 aromatic carbocycles. The van der Waals surface area contributed by atoms with Crippen molar-refractivity contribution in [3.8, 4) is 11.6 Å². The van der Waals surface area contributed by atoms with E-state index < -0.39 is 11.7 Å². The normalized spacial score (nSPS) is 11.4. The molecule has 2 rings (SSSR count). The van der Waals surface area contributed by atoms with Crippen LogP contribution in [-0.4, -0.2) is 15.2 Å². The first-order valence-electron chi connectivity index (χ1n) is 5.48. The Balaban J connectivity index is 2.40. The molecule has 3 N–H and O–H groups in total. The summed E-state index contributed by atoms with van der Waals surface area (Å²) in [6.07, 6.45) is -4.47. The molecule has 4 nitrogen and oxygen atoms in total. The SMILES string of the molecule is Cc1cc(Oc2ccc(C(F)(F)F)cc2C(N)=S)n[nH]1. The van der Waals surface area contributed by atoms with Crippen LogP contribution in [0.5, 0.6) is 11.6 Å². The second-order valence-electron chi connectivity index (χ2n) is 4.06. The lowest BCUT2D eigenvalue weighted by molar-refractivity contribution is -0.137. The first-order valence-corrected chi connectivity index (χ1v) is 5.89. The smallest absolute Gasteiger partial charge is 0.416 e. The van der Waals surface area contributed by atoms with Crippen molar-refractivity contribution in [3.63, 3.8) is 0 Å². The molecule has 2 aromatic rings. The Bertz CT molecular complexity index is 652. The first-order chi connectivity index (χ1) is 9.27. The van der Waals surface area contributed by atoms with Gasteiger partial charge in [-0.05, 0) is 25.1 Å². The second-order valence-corrected chi connectivity index (χ2v) is 4.50. The number of H-pyrrole nitrogens is 1. The number of thiocarbonyl (C=S) groups is 1. The fourth-order valence-electron chi connectivity index (χ4n) is 1.55. The van der Waals surface area contributed by atoms with Crippen LogP contribution in [0, 0.1) is 6.92 Å². The average Bonchev–Trinajstić information content (AvgIpc) is 2.73. The van der Waals surface area contributed by atoms with Crippen LogP contribution in [0.25, 0.3) is 0 Å². The van der Waals surface area contributed by atoms with Gasteiger partial charge in [-0.25, -0.2) is 0 Å². The third kappa shape index (κ3) is 3.08. The number of ether oxygens (including phenoxy) is 1. The molecule has 0 fully saturated rings. The van der Waals surface area contributed by atoms with E-state index >= 15 is 0 Å². The van der Waals surface area contributed by atoms with Gasteiger partial charge in [0.2, 0.25) is 5.88 Å². The molecule has 0 aliphatic heterocycles. The molecular weight excluding hydrogens is 291 g/mol. The topological polar surface area (TPSA) is 63.9 Å². The molecule has 20 heavy (non-hydrogen) atoms. The third-order valence-electron chi connectivity index (χ3n) is 2.47. The van der Waals surface area contributed by atoms with Crippen LogP contribution in [0.3, 0.4) is 0 Å². The number of hydrogen-bond acceptors (Lipinski definition) is 3. The summed E-state index contributed by atoms with van der Waals surface area (Å²) >= 11 is 4.76. The van der Waals surface area contributed by atoms with Gasteiger partial charge >= 0.3 is 6.18 Å². The van der Waals surface area contributed by atoms with E-state index in [-0.39, 0.29) is 22.2 Å². The van der Waals surface area contributed by atoms with E-state index in [1.54, 1.807) is 13.0 Å². The molecule has 0 radical (unpaired) electrons. The molecule has 0 spiro atoms. The van der Waals surface area contributed by atoms with Gasteiger partial charge in [0.25, 0.3) is 0 Å². The zero-order valence-electron chi connectivity index (χ0n) is 10.3. The standard InChI is InChI=1S/C12H10F3N3OS/c1-6-4-10(18-17-6)19-9-3-2-7(12(13,14)15)5-8(9)11(16)20/h2-5H,1H3,(H2,16,20)(H,17,18). The number of alkyl halides is 3. The third-order valence-corrected chi connectivity index (χ3v) is 2.69. The van der Waals surface area contributed by atoms with Gasteiger partial charge in [0.1, 0.15) is 10.7 Å². The van der Waals surface area contributed by atoms with Gasteiger partial charge < -0.3 is 10.5 Å². The number of benzene rings is 1. The van der Waals surface area contributed by atoms with Gasteiger partial charge in [-0.2, -0.15) is 13.2 Å². The summed E-state index contributed by atoms with van der Waals surface area (Å²) in [4.78, 5) is -0.182. The van der Waals surface area contributed by atoms with Crippen molar-refractivity contribution < 1.29 is 17.9 Å². The zero-order chi connectivity index (χ0) is 14.9. The zero-order valence-corrected chi connectivity index (χ0v) is 11.1. The van der Waals surface area contributed by atoms with Crippen LogP contribution < -0.4 is 10.5 Å². The minimum absolute atomic E-state index is 0.00970. The van der Waals surface area contributed by atoms with Crippen molar-refractivity contribution >= 4 is 17.2 Å². The number of halogens is 3. The van der Waals surface area contributed by atoms with Crippen molar-refractivity contribution in [2.75, 3.05) is 0 Å². The lowest BCUT2D eigenvalue weighted by Gasteiger charge is -2.12. The molecule has 0 saturated heterocycles. The summed E-state index contributed by atoms with van der Waals surface area (Å²) < 4.78 is 43.3. The molecule has 0 bridgehead atoms. The number of aromatic amines is 1. The number of aryl methyl sites for hydroxylation is 1. The minimum atomic E-state index is -4.47. The monoisotopic (exact) mass is 301 g/mol. The number of rotatable bonds is 3. The molecule has 1 heterocycles. The van der Waals surface area contributed by atoms with Gasteiger partial charge in [-0.15, -0.1) is 5.10 Å². The van der Waals surface area contributed by atoms with Crippen LogP contribution in [0.1, 0.15) is 16.8 Å². The Morgan fingerprint density at radius 3 is 2.55 bits per heavy atom. The van der Waals surface area contributed by atoms with Crippen LogP contribution in [0.2, 0.25) is 0 Å². The van der Waals surface area contributed by atoms with Crippen LogP contribution in [0.4, 0.5) is 13.2 Å². The number of nitrogens with two attached hydrogens (primary N) is 1. The first kappa shape index (κ1) is 14.3. The van der Waals surface area contributed by atoms with Crippen molar-refractivity contribution in [1.82, 2.24) is 10.2 Å². The maximum Gasteiger partial charge on any atom is 0.416 e. The highest BCUT2D eigenvalue weighted by Crippen LogP contribution is 2.33. The van der Waals surface area contributed by atoms with Gasteiger partial charge in [-0.1, -0.05) is 12.2 Å². The van der Waals surface area contributed by atoms with Crippen LogP contribution >= 0.6 is 12.2 Å². The van der Waals surface area contributed by atoms with Crippen molar-refractivity contribution in [2.45, 2.75) is 13.1 Å². The quantitative estimate of drug-likeness (QED) is 0.855. The van der Waals surface area contributed by atoms with Crippen molar-refractivity contribution in [3.05, 3.63) is 41.1 Å². The molecule has 8 heteroatoms. The maximum absolute atomic E-state index is 12.7. The molecule has 1 aromatic heterocycles. The van der Waals surface area contributed by atoms with E-state index in [1.165, 1.54) is 6.07 Å². The number of nitrogens with zero attached hydrogens (tertiary/aromatic N) is 1. The number of hydrogen-bond donors (Lipinski definition) is 2. The van der Waals surface area contributed by atoms with E-state index in [0.29, 0.717) is 0 Å². The summed E-state index contributed by atoms with van der Waals surface area (Å²) in [5.74, 6) is 0.344. The average molecular weight is 301 g/mol. The summed E-state index contributed by atoms with van der Waals surface area (Å²) in [7, 11) is 0. The van der Waals surface area contributed by atoms with Crippen LogP contribution in [-0.2, 0) is 6.18 Å². The van der Waals surface area contributed by atoms with Crippen LogP contribution in [0.15, 0.2) is 24.3 Å². The van der Waals surface area contributed by atoms with Crippen molar-refractivity contribution in [1.29, 1.82) is 0 Å². The summed E-state index contributed by atoms with van der Waals surface area (Å²) in [6, 6.07) is 4.52. The van der Waals surface area contributed by atoms with Gasteiger partial charge in [0.05, 0.1) is 11.1 Å². The lowest BCUT2D eigenvalue weighted by Crippen LogP contribution is -2.13. The highest BCUT2D eigenvalue weighted by molar-refractivity contribution is 7.80. The minimum Gasteiger partial charge on any atom is -0.437 e. The highest BCUT2D eigenvalue weighted by Gasteiger charge is 2.31. The molecule has 0 saturated carbocycles. The predicted octanol–water partition coefficient (Wildman–Crippen LogP) is 3.16. The fraction of sp³-hybridized carbons (Fsp3) is 0.167. The Morgan fingerprint density at radius 2 is 2.05 bits per heavy atom. The largest absolute Gasteiger partial charge is 0.437 e. The van der Waals surface area contributed by atoms with Crippen molar-refractivity contribution in [2.24, 2.45) is 5.73 Å². The molecule has 0 unspecified atom stereocenters. The highest BCUT2D eigenvalue weighted by atomic mass is 32.1. The Kier molecular flexibility index (Phi) is 3.67. The maximum atomic E-state index is 12.7. The van der Waals surface area contributed by atoms with Gasteiger partial charge in [0, 0.05) is 11.8 Å². The predicted molar refractivity (Wildman–Crippen MR) is 70.7 cm³/mol. The summed E-state index contributed by atoms with van der Waals surface area (Å²) in [6.45, 7) is 1.76. The summed E-state index contributed by atoms with van der Waals surface area (Å²) in [5.41, 5.74) is 5.36. The van der Waals surface area contributed by atoms with E-state index in [2.05, 4.69) is 10.2 Å². The van der Waals surface area contributed by atoms with E-state index in [9.17, 15) is 13.2 Å². The molecule has 0 atom stereocenters. The Hall–Kier alpha value is -2.09. The Morgan fingerprint density at radius 1 is 1.35 bits per heavy atom. The van der Waals surface area contributed by atoms with E-state index in [1.807, 2.05) is 0 Å². The molecular formula is C12H10F3N3OS. The lowest BCUT2D eigenvalue weighted by atomic mass is 10.1. The Labute approximate surface area is 117 Å². The number of aromatic nitrogens is 2. The van der Waals surface area contributed by atoms with E-state index in [4.69, 9.17) is 22.7 Å².